The van der Waals surface area contributed by atoms with Crippen molar-refractivity contribution in [1.82, 2.24) is 5.32 Å². The fourth-order valence-electron chi connectivity index (χ4n) is 3.52. The van der Waals surface area contributed by atoms with Crippen molar-refractivity contribution < 1.29 is 28.8 Å². The van der Waals surface area contributed by atoms with Crippen LogP contribution in [0.1, 0.15) is 16.7 Å². The molecule has 182 valence electrons. The van der Waals surface area contributed by atoms with Crippen LogP contribution in [0, 0.1) is 17.0 Å². The second-order valence-corrected chi connectivity index (χ2v) is 7.91. The predicted molar refractivity (Wildman–Crippen MR) is 131 cm³/mol. The number of nitrogens with zero attached hydrogens (tertiary/aromatic N) is 2. The van der Waals surface area contributed by atoms with Crippen LogP contribution in [0.2, 0.25) is 0 Å². The summed E-state index contributed by atoms with van der Waals surface area (Å²) in [6, 6.07) is 16.6. The number of rotatable bonds is 7. The Bertz CT molecular complexity index is 1400. The molecule has 0 atom stereocenters. The number of non-ortho nitro benzene ring substituents is 1. The van der Waals surface area contributed by atoms with Gasteiger partial charge in [-0.1, -0.05) is 35.9 Å². The summed E-state index contributed by atoms with van der Waals surface area (Å²) in [4.78, 5) is 49.4. The highest BCUT2D eigenvalue weighted by molar-refractivity contribution is 6.39. The highest BCUT2D eigenvalue weighted by atomic mass is 16.6. The topological polar surface area (TPSA) is 128 Å². The molecule has 0 saturated carbocycles. The van der Waals surface area contributed by atoms with Gasteiger partial charge in [0.2, 0.25) is 0 Å². The predicted octanol–water partition coefficient (Wildman–Crippen LogP) is 4.16. The Morgan fingerprint density at radius 2 is 1.78 bits per heavy atom. The number of carbonyl (C=O) groups excluding carboxylic acids is 3. The van der Waals surface area contributed by atoms with E-state index in [0.29, 0.717) is 22.0 Å². The molecule has 1 fully saturated rings. The van der Waals surface area contributed by atoms with Crippen molar-refractivity contribution in [2.75, 3.05) is 12.0 Å². The number of hydrogen-bond acceptors (Lipinski definition) is 7. The summed E-state index contributed by atoms with van der Waals surface area (Å²) in [5.41, 5.74) is 1.72. The first-order valence-corrected chi connectivity index (χ1v) is 10.8. The molecule has 0 radical (unpaired) electrons. The van der Waals surface area contributed by atoms with Crippen LogP contribution in [0.25, 0.3) is 6.08 Å². The molecule has 1 saturated heterocycles. The van der Waals surface area contributed by atoms with E-state index in [2.05, 4.69) is 5.32 Å². The van der Waals surface area contributed by atoms with Crippen molar-refractivity contribution in [3.05, 3.63) is 99.1 Å². The fraction of sp³-hybridized carbons (Fsp3) is 0.115. The lowest BCUT2D eigenvalue weighted by Crippen LogP contribution is -2.54. The largest absolute Gasteiger partial charge is 0.497 e. The second kappa shape index (κ2) is 10.1. The van der Waals surface area contributed by atoms with Crippen LogP contribution in [0.5, 0.6) is 11.5 Å². The molecule has 10 nitrogen and oxygen atoms in total. The molecule has 0 aromatic heterocycles. The average molecular weight is 487 g/mol. The van der Waals surface area contributed by atoms with Gasteiger partial charge in [0.05, 0.1) is 17.7 Å². The lowest BCUT2D eigenvalue weighted by molar-refractivity contribution is -0.384. The molecule has 1 heterocycles. The van der Waals surface area contributed by atoms with E-state index in [0.717, 1.165) is 17.2 Å². The Morgan fingerprint density at radius 3 is 2.47 bits per heavy atom. The highest BCUT2D eigenvalue weighted by Gasteiger charge is 2.37. The van der Waals surface area contributed by atoms with Crippen LogP contribution in [-0.2, 0) is 16.2 Å². The molecule has 1 aliphatic heterocycles. The highest BCUT2D eigenvalue weighted by Crippen LogP contribution is 2.30. The van der Waals surface area contributed by atoms with Gasteiger partial charge in [0, 0.05) is 23.8 Å². The Morgan fingerprint density at radius 1 is 1.03 bits per heavy atom. The van der Waals surface area contributed by atoms with Crippen LogP contribution in [0.4, 0.5) is 16.2 Å². The minimum atomic E-state index is -1.01. The first-order valence-electron chi connectivity index (χ1n) is 10.8. The number of nitro benzene ring substituents is 1. The van der Waals surface area contributed by atoms with Gasteiger partial charge in [0.15, 0.2) is 0 Å². The van der Waals surface area contributed by atoms with Gasteiger partial charge in [-0.05, 0) is 36.8 Å². The molecule has 36 heavy (non-hydrogen) atoms. The van der Waals surface area contributed by atoms with Gasteiger partial charge in [-0.3, -0.25) is 25.0 Å². The van der Waals surface area contributed by atoms with E-state index in [-0.39, 0.29) is 23.6 Å². The van der Waals surface area contributed by atoms with Gasteiger partial charge < -0.3 is 9.47 Å². The number of nitrogens with one attached hydrogen (secondary N) is 1. The molecule has 4 rings (SSSR count). The number of urea groups is 1. The van der Waals surface area contributed by atoms with Gasteiger partial charge in [0.1, 0.15) is 23.7 Å². The van der Waals surface area contributed by atoms with Crippen molar-refractivity contribution in [3.8, 4) is 11.5 Å². The fourth-order valence-corrected chi connectivity index (χ4v) is 3.52. The maximum absolute atomic E-state index is 13.2. The number of ether oxygens (including phenoxy) is 2. The number of methoxy groups -OCH3 is 1. The molecule has 0 bridgehead atoms. The Kier molecular flexibility index (Phi) is 6.77. The van der Waals surface area contributed by atoms with Crippen LogP contribution in [0.3, 0.4) is 0 Å². The Hall–Kier alpha value is -4.99. The molecule has 0 unspecified atom stereocenters. The van der Waals surface area contributed by atoms with Crippen molar-refractivity contribution in [3.63, 3.8) is 0 Å². The summed E-state index contributed by atoms with van der Waals surface area (Å²) < 4.78 is 11.2. The van der Waals surface area contributed by atoms with E-state index in [1.54, 1.807) is 18.2 Å². The first kappa shape index (κ1) is 24.1. The van der Waals surface area contributed by atoms with Crippen molar-refractivity contribution in [1.29, 1.82) is 0 Å². The molecular weight excluding hydrogens is 466 g/mol. The van der Waals surface area contributed by atoms with Gasteiger partial charge in [0.25, 0.3) is 17.5 Å². The molecule has 0 aliphatic carbocycles. The summed E-state index contributed by atoms with van der Waals surface area (Å²) in [5.74, 6) is -0.970. The van der Waals surface area contributed by atoms with Crippen LogP contribution >= 0.6 is 0 Å². The van der Waals surface area contributed by atoms with Crippen molar-refractivity contribution in [2.45, 2.75) is 13.5 Å². The lowest BCUT2D eigenvalue weighted by atomic mass is 10.1. The summed E-state index contributed by atoms with van der Waals surface area (Å²) in [6.07, 6.45) is 1.30. The van der Waals surface area contributed by atoms with Gasteiger partial charge >= 0.3 is 6.03 Å². The number of aryl methyl sites for hydroxylation is 1. The van der Waals surface area contributed by atoms with E-state index in [4.69, 9.17) is 9.47 Å². The standard InChI is InChI=1S/C26H21N3O7/c1-16-6-8-17(9-7-16)15-36-23-14-21(35-2)11-10-18(23)12-22-24(30)27-26(32)28(25(22)31)19-4-3-5-20(13-19)29(33)34/h3-14H,15H2,1-2H3,(H,27,30,32)/b22-12+. The van der Waals surface area contributed by atoms with Crippen molar-refractivity contribution in [2.24, 2.45) is 0 Å². The summed E-state index contributed by atoms with van der Waals surface area (Å²) in [5, 5.41) is 13.2. The summed E-state index contributed by atoms with van der Waals surface area (Å²) in [6.45, 7) is 2.20. The normalized spacial score (nSPS) is 14.6. The molecule has 10 heteroatoms. The third kappa shape index (κ3) is 5.07. The summed E-state index contributed by atoms with van der Waals surface area (Å²) >= 11 is 0. The molecule has 0 spiro atoms. The first-order chi connectivity index (χ1) is 17.3. The Balaban J connectivity index is 1.69. The van der Waals surface area contributed by atoms with Crippen LogP contribution < -0.4 is 19.7 Å². The van der Waals surface area contributed by atoms with E-state index in [1.807, 2.05) is 31.2 Å². The third-order valence-electron chi connectivity index (χ3n) is 5.44. The number of amides is 4. The van der Waals surface area contributed by atoms with E-state index >= 15 is 0 Å². The molecule has 1 N–H and O–H groups in total. The molecule has 3 aromatic rings. The molecule has 1 aliphatic rings. The maximum Gasteiger partial charge on any atom is 0.335 e. The van der Waals surface area contributed by atoms with Crippen LogP contribution in [-0.4, -0.2) is 29.9 Å². The minimum absolute atomic E-state index is 0.0457. The van der Waals surface area contributed by atoms with Gasteiger partial charge in [-0.15, -0.1) is 0 Å². The maximum atomic E-state index is 13.2. The summed E-state index contributed by atoms with van der Waals surface area (Å²) in [7, 11) is 1.50. The molecule has 3 aromatic carbocycles. The van der Waals surface area contributed by atoms with Crippen LogP contribution in [0.15, 0.2) is 72.3 Å². The number of barbiturate groups is 1. The minimum Gasteiger partial charge on any atom is -0.497 e. The lowest BCUT2D eigenvalue weighted by Gasteiger charge is -2.26. The van der Waals surface area contributed by atoms with Crippen molar-refractivity contribution >= 4 is 35.3 Å². The van der Waals surface area contributed by atoms with Gasteiger partial charge in [-0.2, -0.15) is 0 Å². The third-order valence-corrected chi connectivity index (χ3v) is 5.44. The number of imide groups is 2. The number of hydrogen-bond donors (Lipinski definition) is 1. The van der Waals surface area contributed by atoms with Gasteiger partial charge in [-0.25, -0.2) is 9.69 Å². The average Bonchev–Trinajstić information content (AvgIpc) is 2.86. The second-order valence-electron chi connectivity index (χ2n) is 7.91. The quantitative estimate of drug-likeness (QED) is 0.229. The number of nitro groups is 1. The molecular formula is C26H21N3O7. The SMILES string of the molecule is COc1ccc(/C=C2\C(=O)NC(=O)N(c3cccc([N+](=O)[O-])c3)C2=O)c(OCc2ccc(C)cc2)c1. The number of carbonyl (C=O) groups is 3. The Labute approximate surface area is 205 Å². The zero-order valence-electron chi connectivity index (χ0n) is 19.4. The smallest absolute Gasteiger partial charge is 0.335 e. The zero-order chi connectivity index (χ0) is 25.8. The van der Waals surface area contributed by atoms with E-state index in [9.17, 15) is 24.5 Å². The van der Waals surface area contributed by atoms with E-state index < -0.39 is 22.8 Å². The van der Waals surface area contributed by atoms with E-state index in [1.165, 1.54) is 31.4 Å². The monoisotopic (exact) mass is 487 g/mol. The number of benzene rings is 3. The number of anilines is 1. The molecule has 4 amide bonds. The zero-order valence-corrected chi connectivity index (χ0v) is 19.4.